The number of benzene rings is 2. The molecule has 0 bridgehead atoms. The summed E-state index contributed by atoms with van der Waals surface area (Å²) >= 11 is 1.64. The first kappa shape index (κ1) is 25.1. The lowest BCUT2D eigenvalue weighted by molar-refractivity contribution is -0.156. The van der Waals surface area contributed by atoms with E-state index in [1.165, 1.54) is 4.88 Å². The monoisotopic (exact) mass is 490 g/mol. The number of carbonyl (C=O) groups excluding carboxylic acids is 2. The van der Waals surface area contributed by atoms with Gasteiger partial charge in [-0.25, -0.2) is 4.79 Å². The molecule has 1 fully saturated rings. The van der Waals surface area contributed by atoms with E-state index in [0.29, 0.717) is 13.1 Å². The number of esters is 1. The number of para-hydroxylation sites is 1. The molecule has 3 atom stereocenters. The average molecular weight is 491 g/mol. The van der Waals surface area contributed by atoms with Crippen LogP contribution in [-0.4, -0.2) is 42.4 Å². The second-order valence-electron chi connectivity index (χ2n) is 9.10. The topological polar surface area (TPSA) is 58.6 Å². The number of nitrogens with one attached hydrogen (secondary N) is 1. The van der Waals surface area contributed by atoms with Gasteiger partial charge in [0.15, 0.2) is 11.8 Å². The molecule has 1 aliphatic heterocycles. The van der Waals surface area contributed by atoms with Crippen LogP contribution in [0, 0.1) is 5.92 Å². The van der Waals surface area contributed by atoms with Crippen molar-refractivity contribution >= 4 is 28.8 Å². The van der Waals surface area contributed by atoms with Crippen molar-refractivity contribution < 1.29 is 14.3 Å². The third-order valence-electron chi connectivity index (χ3n) is 6.72. The standard InChI is InChI=1S/C29H34N2O3S/c1-3-21-15-16-31(18-26(32)23-17-25(4-2)35-20-23)19-27(21)34-29(33)28(22-11-7-5-8-12-22)30-24-13-9-6-10-14-24/h5-14,17,20-21,27-28,30H,3-4,15-16,18-19H2,1-2H3/t21?,27-,28+/m0/s1. The summed E-state index contributed by atoms with van der Waals surface area (Å²) in [4.78, 5) is 29.7. The van der Waals surface area contributed by atoms with Crippen LogP contribution in [-0.2, 0) is 16.0 Å². The lowest BCUT2D eigenvalue weighted by Crippen LogP contribution is -2.48. The van der Waals surface area contributed by atoms with E-state index in [4.69, 9.17) is 4.74 Å². The first-order valence-corrected chi connectivity index (χ1v) is 13.3. The quantitative estimate of drug-likeness (QED) is 0.279. The number of hydrogen-bond acceptors (Lipinski definition) is 6. The zero-order valence-electron chi connectivity index (χ0n) is 20.5. The highest BCUT2D eigenvalue weighted by Gasteiger charge is 2.34. The van der Waals surface area contributed by atoms with Crippen molar-refractivity contribution in [1.82, 2.24) is 4.90 Å². The molecule has 1 saturated heterocycles. The van der Waals surface area contributed by atoms with E-state index in [2.05, 4.69) is 24.1 Å². The van der Waals surface area contributed by atoms with Gasteiger partial charge >= 0.3 is 5.97 Å². The minimum absolute atomic E-state index is 0.133. The molecular formula is C29H34N2O3S. The van der Waals surface area contributed by atoms with Crippen LogP contribution >= 0.6 is 11.3 Å². The van der Waals surface area contributed by atoms with Gasteiger partial charge in [0.2, 0.25) is 0 Å². The van der Waals surface area contributed by atoms with Gasteiger partial charge in [-0.15, -0.1) is 11.3 Å². The van der Waals surface area contributed by atoms with Crippen molar-refractivity contribution in [3.8, 4) is 0 Å². The number of hydrogen-bond donors (Lipinski definition) is 1. The molecule has 2 aromatic carbocycles. The highest BCUT2D eigenvalue weighted by atomic mass is 32.1. The fourth-order valence-corrected chi connectivity index (χ4v) is 5.46. The Morgan fingerprint density at radius 3 is 2.46 bits per heavy atom. The van der Waals surface area contributed by atoms with E-state index in [-0.39, 0.29) is 23.8 Å². The number of piperidine rings is 1. The maximum atomic E-state index is 13.5. The molecule has 1 N–H and O–H groups in total. The molecule has 5 nitrogen and oxygen atoms in total. The van der Waals surface area contributed by atoms with E-state index in [1.807, 2.05) is 72.1 Å². The molecule has 1 aromatic heterocycles. The Morgan fingerprint density at radius 2 is 1.80 bits per heavy atom. The summed E-state index contributed by atoms with van der Waals surface area (Å²) in [6, 6.07) is 20.8. The summed E-state index contributed by atoms with van der Waals surface area (Å²) in [5.41, 5.74) is 2.51. The van der Waals surface area contributed by atoms with Gasteiger partial charge in [-0.3, -0.25) is 9.69 Å². The molecule has 1 aliphatic rings. The molecule has 0 saturated carbocycles. The minimum Gasteiger partial charge on any atom is -0.459 e. The van der Waals surface area contributed by atoms with Crippen LogP contribution in [0.5, 0.6) is 0 Å². The normalized spacial score (nSPS) is 19.1. The maximum absolute atomic E-state index is 13.5. The number of thiophene rings is 1. The van der Waals surface area contributed by atoms with Crippen molar-refractivity contribution in [3.05, 3.63) is 88.1 Å². The van der Waals surface area contributed by atoms with E-state index in [0.717, 1.165) is 42.6 Å². The Kier molecular flexibility index (Phi) is 8.72. The summed E-state index contributed by atoms with van der Waals surface area (Å²) in [5.74, 6) is 0.127. The fraction of sp³-hybridized carbons (Fsp3) is 0.379. The van der Waals surface area contributed by atoms with Crippen molar-refractivity contribution in [2.24, 2.45) is 5.92 Å². The van der Waals surface area contributed by atoms with Crippen LogP contribution in [0.4, 0.5) is 5.69 Å². The average Bonchev–Trinajstić information content (AvgIpc) is 3.38. The number of likely N-dealkylation sites (tertiary alicyclic amines) is 1. The molecule has 2 heterocycles. The molecule has 0 amide bonds. The molecular weight excluding hydrogens is 456 g/mol. The van der Waals surface area contributed by atoms with Crippen LogP contribution < -0.4 is 5.32 Å². The van der Waals surface area contributed by atoms with E-state index in [1.54, 1.807) is 11.3 Å². The second kappa shape index (κ2) is 12.1. The number of carbonyl (C=O) groups is 2. The van der Waals surface area contributed by atoms with Crippen LogP contribution in [0.25, 0.3) is 0 Å². The van der Waals surface area contributed by atoms with E-state index in [9.17, 15) is 9.59 Å². The Labute approximate surface area is 212 Å². The van der Waals surface area contributed by atoms with E-state index >= 15 is 0 Å². The first-order chi connectivity index (χ1) is 17.1. The first-order valence-electron chi connectivity index (χ1n) is 12.5. The third kappa shape index (κ3) is 6.59. The highest BCUT2D eigenvalue weighted by Crippen LogP contribution is 2.28. The van der Waals surface area contributed by atoms with Crippen LogP contribution in [0.2, 0.25) is 0 Å². The zero-order chi connectivity index (χ0) is 24.6. The Morgan fingerprint density at radius 1 is 1.09 bits per heavy atom. The van der Waals surface area contributed by atoms with E-state index < -0.39 is 6.04 Å². The molecule has 3 aromatic rings. The number of nitrogens with zero attached hydrogens (tertiary/aromatic N) is 1. The zero-order valence-corrected chi connectivity index (χ0v) is 21.3. The van der Waals surface area contributed by atoms with Crippen LogP contribution in [0.1, 0.15) is 53.5 Å². The van der Waals surface area contributed by atoms with Crippen molar-refractivity contribution in [3.63, 3.8) is 0 Å². The minimum atomic E-state index is -0.605. The second-order valence-corrected chi connectivity index (χ2v) is 10.1. The number of ketones is 1. The van der Waals surface area contributed by atoms with Gasteiger partial charge in [0, 0.05) is 28.1 Å². The maximum Gasteiger partial charge on any atom is 0.333 e. The number of anilines is 1. The smallest absolute Gasteiger partial charge is 0.333 e. The summed E-state index contributed by atoms with van der Waals surface area (Å²) in [5, 5.41) is 5.30. The fourth-order valence-electron chi connectivity index (χ4n) is 4.62. The predicted molar refractivity (Wildman–Crippen MR) is 142 cm³/mol. The molecule has 35 heavy (non-hydrogen) atoms. The third-order valence-corrected chi connectivity index (χ3v) is 7.80. The molecule has 184 valence electrons. The van der Waals surface area contributed by atoms with Gasteiger partial charge in [-0.05, 0) is 55.5 Å². The van der Waals surface area contributed by atoms with Gasteiger partial charge in [0.1, 0.15) is 6.10 Å². The highest BCUT2D eigenvalue weighted by molar-refractivity contribution is 7.10. The van der Waals surface area contributed by atoms with Crippen LogP contribution in [0.15, 0.2) is 72.1 Å². The van der Waals surface area contributed by atoms with Crippen molar-refractivity contribution in [2.75, 3.05) is 25.0 Å². The molecule has 0 spiro atoms. The van der Waals surface area contributed by atoms with Gasteiger partial charge < -0.3 is 10.1 Å². The number of aryl methyl sites for hydroxylation is 1. The number of Topliss-reactive ketones (excluding diaryl/α,β-unsaturated/α-hetero) is 1. The number of ether oxygens (including phenoxy) is 1. The summed E-state index contributed by atoms with van der Waals surface area (Å²) in [6.45, 7) is 6.01. The van der Waals surface area contributed by atoms with Gasteiger partial charge in [-0.2, -0.15) is 0 Å². The van der Waals surface area contributed by atoms with Gasteiger partial charge in [0.05, 0.1) is 6.54 Å². The molecule has 1 unspecified atom stereocenters. The number of rotatable bonds is 10. The molecule has 4 rings (SSSR count). The lowest BCUT2D eigenvalue weighted by Gasteiger charge is -2.38. The Balaban J connectivity index is 1.45. The summed E-state index contributed by atoms with van der Waals surface area (Å²) in [6.07, 6.45) is 2.55. The molecule has 0 radical (unpaired) electrons. The lowest BCUT2D eigenvalue weighted by atomic mass is 9.91. The van der Waals surface area contributed by atoms with Gasteiger partial charge in [0.25, 0.3) is 0 Å². The SMILES string of the molecule is CCc1cc(C(=O)CN2CCC(CC)[C@@H](OC(=O)[C@H](Nc3ccccc3)c3ccccc3)C2)cs1. The van der Waals surface area contributed by atoms with Gasteiger partial charge in [-0.1, -0.05) is 62.4 Å². The Bertz CT molecular complexity index is 1100. The molecule has 6 heteroatoms. The van der Waals surface area contributed by atoms with Crippen molar-refractivity contribution in [2.45, 2.75) is 45.3 Å². The Hall–Kier alpha value is -2.96. The van der Waals surface area contributed by atoms with Crippen LogP contribution in [0.3, 0.4) is 0 Å². The predicted octanol–water partition coefficient (Wildman–Crippen LogP) is 5.99. The summed E-state index contributed by atoms with van der Waals surface area (Å²) in [7, 11) is 0. The molecule has 0 aliphatic carbocycles. The summed E-state index contributed by atoms with van der Waals surface area (Å²) < 4.78 is 6.17. The van der Waals surface area contributed by atoms with Crippen molar-refractivity contribution in [1.29, 1.82) is 0 Å². The largest absolute Gasteiger partial charge is 0.459 e.